The van der Waals surface area contributed by atoms with E-state index in [2.05, 4.69) is 47.6 Å². The van der Waals surface area contributed by atoms with Crippen molar-refractivity contribution in [1.82, 2.24) is 19.6 Å². The number of fused-ring (bicyclic) bond motifs is 3. The van der Waals surface area contributed by atoms with Crippen LogP contribution in [0.5, 0.6) is 0 Å². The smallest absolute Gasteiger partial charge is 0.165 e. The average molecular weight is 450 g/mol. The van der Waals surface area contributed by atoms with E-state index in [0.717, 1.165) is 56.9 Å². The molecule has 0 unspecified atom stereocenters. The lowest BCUT2D eigenvalue weighted by atomic mass is 9.71. The normalized spacial score (nSPS) is 20.1. The van der Waals surface area contributed by atoms with Crippen LogP contribution in [0, 0.1) is 13.8 Å². The lowest BCUT2D eigenvalue weighted by Crippen LogP contribution is -2.55. The lowest BCUT2D eigenvalue weighted by Gasteiger charge is -2.42. The monoisotopic (exact) mass is 449 g/mol. The summed E-state index contributed by atoms with van der Waals surface area (Å²) in [7, 11) is 0. The van der Waals surface area contributed by atoms with Crippen LogP contribution < -0.4 is 5.73 Å². The summed E-state index contributed by atoms with van der Waals surface area (Å²) in [5, 5.41) is 15.3. The standard InChI is InChI=1S/C28H27N5O/c1-17-12-25-30-18(2)23-13-24(20-6-4-3-5-7-20)26(31-27(23)33(25)32-17)21-10-8-19(9-11-21)14-28(29)15-22(34)16-28/h3-13,22,34H,14-16,29H2,1-2H3. The molecule has 0 radical (unpaired) electrons. The maximum Gasteiger partial charge on any atom is 0.165 e. The van der Waals surface area contributed by atoms with Gasteiger partial charge in [-0.3, -0.25) is 0 Å². The molecule has 0 amide bonds. The average Bonchev–Trinajstić information content (AvgIpc) is 3.18. The predicted molar refractivity (Wildman–Crippen MR) is 134 cm³/mol. The van der Waals surface area contributed by atoms with Crippen LogP contribution in [-0.2, 0) is 6.42 Å². The summed E-state index contributed by atoms with van der Waals surface area (Å²) >= 11 is 0. The molecule has 1 aliphatic carbocycles. The molecule has 170 valence electrons. The van der Waals surface area contributed by atoms with Crippen molar-refractivity contribution in [2.75, 3.05) is 0 Å². The van der Waals surface area contributed by atoms with Crippen molar-refractivity contribution in [2.45, 2.75) is 44.8 Å². The first-order valence-corrected chi connectivity index (χ1v) is 11.7. The van der Waals surface area contributed by atoms with Crippen LogP contribution in [0.25, 0.3) is 39.1 Å². The van der Waals surface area contributed by atoms with Crippen LogP contribution in [0.2, 0.25) is 0 Å². The summed E-state index contributed by atoms with van der Waals surface area (Å²) in [6.45, 7) is 3.99. The van der Waals surface area contributed by atoms with Gasteiger partial charge in [-0.05, 0) is 50.3 Å². The van der Waals surface area contributed by atoms with Gasteiger partial charge in [0.05, 0.1) is 23.2 Å². The second-order valence-corrected chi connectivity index (χ2v) is 9.67. The molecule has 1 aliphatic rings. The molecule has 3 heterocycles. The third-order valence-electron chi connectivity index (χ3n) is 6.84. The molecule has 0 atom stereocenters. The second kappa shape index (κ2) is 7.72. The molecule has 3 aromatic heterocycles. The number of aromatic nitrogens is 4. The molecule has 2 aromatic carbocycles. The van der Waals surface area contributed by atoms with Crippen molar-refractivity contribution in [2.24, 2.45) is 5.73 Å². The molecule has 1 saturated carbocycles. The van der Waals surface area contributed by atoms with E-state index < -0.39 is 0 Å². The van der Waals surface area contributed by atoms with E-state index in [1.54, 1.807) is 0 Å². The zero-order valence-electron chi connectivity index (χ0n) is 19.4. The van der Waals surface area contributed by atoms with Gasteiger partial charge in [0.1, 0.15) is 0 Å². The SMILES string of the molecule is Cc1cc2nc(C)c3cc(-c4ccccc4)c(-c4ccc(CC5(N)CC(O)C5)cc4)nc3n2n1. The van der Waals surface area contributed by atoms with Gasteiger partial charge in [-0.15, -0.1) is 0 Å². The van der Waals surface area contributed by atoms with Crippen molar-refractivity contribution in [3.63, 3.8) is 0 Å². The Morgan fingerprint density at radius 2 is 1.71 bits per heavy atom. The fourth-order valence-electron chi connectivity index (χ4n) is 5.15. The molecule has 1 fully saturated rings. The third-order valence-corrected chi connectivity index (χ3v) is 6.84. The Kier molecular flexibility index (Phi) is 4.76. The molecular formula is C28H27N5O. The van der Waals surface area contributed by atoms with Gasteiger partial charge < -0.3 is 10.8 Å². The van der Waals surface area contributed by atoms with Gasteiger partial charge in [-0.25, -0.2) is 9.97 Å². The van der Waals surface area contributed by atoms with Gasteiger partial charge >= 0.3 is 0 Å². The Balaban J connectivity index is 1.51. The topological polar surface area (TPSA) is 89.3 Å². The van der Waals surface area contributed by atoms with E-state index in [9.17, 15) is 5.11 Å². The zero-order valence-corrected chi connectivity index (χ0v) is 19.4. The minimum absolute atomic E-state index is 0.264. The highest BCUT2D eigenvalue weighted by Crippen LogP contribution is 2.36. The number of hydrogen-bond donors (Lipinski definition) is 2. The minimum Gasteiger partial charge on any atom is -0.393 e. The molecular weight excluding hydrogens is 422 g/mol. The van der Waals surface area contributed by atoms with Gasteiger partial charge in [0.2, 0.25) is 0 Å². The van der Waals surface area contributed by atoms with Crippen LogP contribution in [0.15, 0.2) is 66.7 Å². The van der Waals surface area contributed by atoms with Crippen LogP contribution in [0.1, 0.15) is 29.8 Å². The summed E-state index contributed by atoms with van der Waals surface area (Å²) in [6, 6.07) is 23.0. The maximum atomic E-state index is 9.68. The summed E-state index contributed by atoms with van der Waals surface area (Å²) in [5.41, 5.74) is 14.9. The van der Waals surface area contributed by atoms with Crippen molar-refractivity contribution in [3.05, 3.63) is 83.7 Å². The van der Waals surface area contributed by atoms with Crippen LogP contribution in [-0.4, -0.2) is 36.3 Å². The fourth-order valence-corrected chi connectivity index (χ4v) is 5.15. The number of nitrogens with zero attached hydrogens (tertiary/aromatic N) is 4. The Morgan fingerprint density at radius 3 is 2.41 bits per heavy atom. The van der Waals surface area contributed by atoms with E-state index in [-0.39, 0.29) is 11.6 Å². The van der Waals surface area contributed by atoms with Crippen LogP contribution in [0.4, 0.5) is 0 Å². The number of nitrogens with two attached hydrogens (primary N) is 1. The van der Waals surface area contributed by atoms with Crippen LogP contribution >= 0.6 is 0 Å². The summed E-state index contributed by atoms with van der Waals surface area (Å²) < 4.78 is 1.84. The first-order valence-electron chi connectivity index (χ1n) is 11.7. The highest BCUT2D eigenvalue weighted by Gasteiger charge is 2.39. The zero-order chi connectivity index (χ0) is 23.4. The Bertz CT molecular complexity index is 1520. The number of benzene rings is 2. The van der Waals surface area contributed by atoms with Gasteiger partial charge in [-0.1, -0.05) is 54.6 Å². The first-order chi connectivity index (χ1) is 16.4. The second-order valence-electron chi connectivity index (χ2n) is 9.67. The molecule has 0 aliphatic heterocycles. The minimum atomic E-state index is -0.300. The largest absolute Gasteiger partial charge is 0.393 e. The third kappa shape index (κ3) is 3.56. The number of rotatable bonds is 4. The van der Waals surface area contributed by atoms with Crippen molar-refractivity contribution in [1.29, 1.82) is 0 Å². The Labute approximate surface area is 198 Å². The van der Waals surface area contributed by atoms with E-state index in [1.165, 1.54) is 5.56 Å². The highest BCUT2D eigenvalue weighted by molar-refractivity contribution is 5.92. The quantitative estimate of drug-likeness (QED) is 0.418. The van der Waals surface area contributed by atoms with Gasteiger partial charge in [0.25, 0.3) is 0 Å². The molecule has 5 aromatic rings. The van der Waals surface area contributed by atoms with Crippen molar-refractivity contribution < 1.29 is 5.11 Å². The van der Waals surface area contributed by atoms with Crippen LogP contribution in [0.3, 0.4) is 0 Å². The van der Waals surface area contributed by atoms with E-state index in [0.29, 0.717) is 12.8 Å². The highest BCUT2D eigenvalue weighted by atomic mass is 16.3. The van der Waals surface area contributed by atoms with Gasteiger partial charge in [0.15, 0.2) is 11.3 Å². The Morgan fingerprint density at radius 1 is 0.971 bits per heavy atom. The van der Waals surface area contributed by atoms with Gasteiger partial charge in [0, 0.05) is 28.1 Å². The van der Waals surface area contributed by atoms with E-state index >= 15 is 0 Å². The molecule has 6 nitrogen and oxygen atoms in total. The number of aryl methyl sites for hydroxylation is 2. The molecule has 0 saturated heterocycles. The fraction of sp³-hybridized carbons (Fsp3) is 0.250. The summed E-state index contributed by atoms with van der Waals surface area (Å²) in [5.74, 6) is 0. The number of aliphatic hydroxyl groups is 1. The van der Waals surface area contributed by atoms with Crippen molar-refractivity contribution in [3.8, 4) is 22.4 Å². The number of hydrogen-bond acceptors (Lipinski definition) is 5. The number of pyridine rings is 1. The first kappa shape index (κ1) is 21.0. The lowest BCUT2D eigenvalue weighted by molar-refractivity contribution is 0.0232. The molecule has 6 rings (SSSR count). The van der Waals surface area contributed by atoms with Crippen molar-refractivity contribution >= 4 is 16.7 Å². The molecule has 6 heteroatoms. The molecule has 0 bridgehead atoms. The summed E-state index contributed by atoms with van der Waals surface area (Å²) in [4.78, 5) is 9.93. The predicted octanol–water partition coefficient (Wildman–Crippen LogP) is 4.62. The molecule has 34 heavy (non-hydrogen) atoms. The van der Waals surface area contributed by atoms with E-state index in [4.69, 9.17) is 15.7 Å². The molecule has 0 spiro atoms. The molecule has 3 N–H and O–H groups in total. The Hall–Kier alpha value is -3.61. The maximum absolute atomic E-state index is 9.68. The summed E-state index contributed by atoms with van der Waals surface area (Å²) in [6.07, 6.45) is 1.82. The van der Waals surface area contributed by atoms with E-state index in [1.807, 2.05) is 42.6 Å². The number of aliphatic hydroxyl groups excluding tert-OH is 1. The van der Waals surface area contributed by atoms with Gasteiger partial charge in [-0.2, -0.15) is 9.61 Å².